The second kappa shape index (κ2) is 8.54. The van der Waals surface area contributed by atoms with E-state index in [9.17, 15) is 8.42 Å². The van der Waals surface area contributed by atoms with Crippen molar-refractivity contribution >= 4 is 21.5 Å². The fourth-order valence-corrected chi connectivity index (χ4v) is 4.30. The predicted octanol–water partition coefficient (Wildman–Crippen LogP) is 2.24. The zero-order valence-electron chi connectivity index (χ0n) is 15.8. The van der Waals surface area contributed by atoms with Crippen molar-refractivity contribution in [1.82, 2.24) is 19.9 Å². The van der Waals surface area contributed by atoms with Gasteiger partial charge in [0.05, 0.1) is 4.90 Å². The zero-order valence-corrected chi connectivity index (χ0v) is 16.7. The molecule has 0 unspecified atom stereocenters. The number of pyridine rings is 1. The number of nitrogens with one attached hydrogen (secondary N) is 1. The maximum atomic E-state index is 12.5. The van der Waals surface area contributed by atoms with E-state index >= 15 is 0 Å². The Morgan fingerprint density at radius 2 is 1.59 bits per heavy atom. The summed E-state index contributed by atoms with van der Waals surface area (Å²) in [6.07, 6.45) is 6.43. The lowest BCUT2D eigenvalue weighted by Crippen LogP contribution is -2.45. The summed E-state index contributed by atoms with van der Waals surface area (Å²) >= 11 is 0. The van der Waals surface area contributed by atoms with Gasteiger partial charge in [-0.05, 0) is 48.0 Å². The molecule has 1 fully saturated rings. The van der Waals surface area contributed by atoms with Gasteiger partial charge in [0.1, 0.15) is 12.1 Å². The van der Waals surface area contributed by atoms with Crippen LogP contribution in [-0.4, -0.2) is 54.4 Å². The summed E-state index contributed by atoms with van der Waals surface area (Å²) in [5.74, 6) is 0.245. The molecule has 0 atom stereocenters. The van der Waals surface area contributed by atoms with E-state index in [1.54, 1.807) is 12.1 Å². The fraction of sp³-hybridized carbons (Fsp3) is 0.250. The number of piperazine rings is 1. The van der Waals surface area contributed by atoms with Crippen LogP contribution in [0.3, 0.4) is 0 Å². The Balaban J connectivity index is 0.00000256. The second-order valence-electron chi connectivity index (χ2n) is 6.81. The highest BCUT2D eigenvalue weighted by Crippen LogP contribution is 2.21. The van der Waals surface area contributed by atoms with E-state index in [-0.39, 0.29) is 12.1 Å². The molecular weight excluding hydrogens is 388 g/mol. The Hall–Kier alpha value is -3.04. The van der Waals surface area contributed by atoms with E-state index in [2.05, 4.69) is 29.5 Å². The molecule has 29 heavy (non-hydrogen) atoms. The molecule has 0 bridgehead atoms. The molecule has 1 aromatic carbocycles. The molecule has 8 nitrogen and oxygen atoms in total. The summed E-state index contributed by atoms with van der Waals surface area (Å²) in [6.45, 7) is 4.63. The van der Waals surface area contributed by atoms with Gasteiger partial charge in [-0.1, -0.05) is 0 Å². The minimum absolute atomic E-state index is 0. The molecule has 1 aliphatic rings. The lowest BCUT2D eigenvalue weighted by molar-refractivity contribution is 0.250. The van der Waals surface area contributed by atoms with E-state index < -0.39 is 10.0 Å². The Bertz CT molecular complexity index is 1030. The highest BCUT2D eigenvalue weighted by Gasteiger charge is 2.19. The van der Waals surface area contributed by atoms with Crippen molar-refractivity contribution in [1.29, 1.82) is 0 Å². The Morgan fingerprint density at radius 1 is 0.897 bits per heavy atom. The van der Waals surface area contributed by atoms with Gasteiger partial charge in [-0.3, -0.25) is 14.6 Å². The molecule has 1 N–H and O–H groups in total. The molecular formula is C20H24N6O2S. The molecule has 0 aliphatic carbocycles. The number of anilines is 2. The van der Waals surface area contributed by atoms with Gasteiger partial charge < -0.3 is 4.90 Å². The molecule has 9 heteroatoms. The number of hydrogen-bond donors (Lipinski definition) is 1. The molecule has 3 heterocycles. The van der Waals surface area contributed by atoms with Gasteiger partial charge in [0.25, 0.3) is 10.0 Å². The van der Waals surface area contributed by atoms with Crippen LogP contribution in [0.1, 0.15) is 6.99 Å². The van der Waals surface area contributed by atoms with Crippen molar-refractivity contribution in [3.8, 4) is 0 Å². The summed E-state index contributed by atoms with van der Waals surface area (Å²) in [5, 5.41) is 0. The molecule has 4 rings (SSSR count). The van der Waals surface area contributed by atoms with Crippen LogP contribution in [0.15, 0.2) is 72.3 Å². The highest BCUT2D eigenvalue weighted by atomic mass is 32.2. The third-order valence-electron chi connectivity index (χ3n) is 4.86. The van der Waals surface area contributed by atoms with Crippen LogP contribution >= 0.6 is 0 Å². The molecule has 2 aromatic heterocycles. The average molecular weight is 413 g/mol. The van der Waals surface area contributed by atoms with Crippen molar-refractivity contribution < 1.29 is 9.84 Å². The number of aromatic nitrogens is 3. The monoisotopic (exact) mass is 412 g/mol. The van der Waals surface area contributed by atoms with Gasteiger partial charge in [0.15, 0.2) is 0 Å². The first-order chi connectivity index (χ1) is 14.1. The summed E-state index contributed by atoms with van der Waals surface area (Å²) in [5.41, 5.74) is 2.29. The average Bonchev–Trinajstić information content (AvgIpc) is 2.76. The summed E-state index contributed by atoms with van der Waals surface area (Å²) in [7, 11) is -3.68. The van der Waals surface area contributed by atoms with E-state index in [1.165, 1.54) is 24.2 Å². The first-order valence-corrected chi connectivity index (χ1v) is 10.8. The Labute approximate surface area is 171 Å². The largest absolute Gasteiger partial charge is 0.369 e. The van der Waals surface area contributed by atoms with Crippen molar-refractivity contribution in [2.45, 2.75) is 11.4 Å². The van der Waals surface area contributed by atoms with Crippen LogP contribution in [0.5, 0.6) is 0 Å². The Morgan fingerprint density at radius 3 is 2.24 bits per heavy atom. The van der Waals surface area contributed by atoms with Crippen LogP contribution in [0.2, 0.25) is 0 Å². The van der Waals surface area contributed by atoms with Crippen LogP contribution in [0.25, 0.3) is 0 Å². The topological polar surface area (TPSA) is 91.3 Å². The number of benzene rings is 1. The fourth-order valence-electron chi connectivity index (χ4n) is 3.29. The van der Waals surface area contributed by atoms with Gasteiger partial charge in [-0.2, -0.15) is 0 Å². The normalized spacial score (nSPS) is 15.2. The highest BCUT2D eigenvalue weighted by molar-refractivity contribution is 7.92. The summed E-state index contributed by atoms with van der Waals surface area (Å²) in [4.78, 5) is 16.6. The zero-order chi connectivity index (χ0) is 20.1. The quantitative estimate of drug-likeness (QED) is 0.664. The SMILES string of the molecule is O=S(=O)(Nc1ccncn1)c1ccc(N2CCN(Cc3ccncc3)CC2)cc1.[HH]. The molecule has 1 saturated heterocycles. The minimum Gasteiger partial charge on any atom is -0.369 e. The van der Waals surface area contributed by atoms with E-state index in [4.69, 9.17) is 0 Å². The van der Waals surface area contributed by atoms with Gasteiger partial charge >= 0.3 is 0 Å². The van der Waals surface area contributed by atoms with Gasteiger partial charge in [0.2, 0.25) is 0 Å². The van der Waals surface area contributed by atoms with Crippen molar-refractivity contribution in [2.75, 3.05) is 35.8 Å². The minimum atomic E-state index is -3.68. The maximum absolute atomic E-state index is 12.5. The van der Waals surface area contributed by atoms with Crippen LogP contribution in [0, 0.1) is 0 Å². The standard InChI is InChI=1S/C20H22N6O2S.H2/c27-29(28,24-20-7-10-22-16-23-20)19-3-1-18(2-4-19)26-13-11-25(12-14-26)15-17-5-8-21-9-6-17;/h1-10,16H,11-15H2,(H,22,23,24);1H. The number of sulfonamides is 1. The summed E-state index contributed by atoms with van der Waals surface area (Å²) in [6, 6.07) is 12.6. The van der Waals surface area contributed by atoms with Gasteiger partial charge in [-0.25, -0.2) is 18.4 Å². The Kier molecular flexibility index (Phi) is 5.68. The van der Waals surface area contributed by atoms with Crippen molar-refractivity contribution in [3.63, 3.8) is 0 Å². The molecule has 0 radical (unpaired) electrons. The molecule has 0 amide bonds. The smallest absolute Gasteiger partial charge is 0.263 e. The van der Waals surface area contributed by atoms with Crippen LogP contribution < -0.4 is 9.62 Å². The lowest BCUT2D eigenvalue weighted by atomic mass is 10.2. The maximum Gasteiger partial charge on any atom is 0.263 e. The first-order valence-electron chi connectivity index (χ1n) is 9.35. The molecule has 3 aromatic rings. The molecule has 152 valence electrons. The first kappa shape index (κ1) is 19.3. The third-order valence-corrected chi connectivity index (χ3v) is 6.23. The summed E-state index contributed by atoms with van der Waals surface area (Å²) < 4.78 is 27.5. The van der Waals surface area contributed by atoms with Crippen molar-refractivity contribution in [3.05, 3.63) is 72.9 Å². The van der Waals surface area contributed by atoms with E-state index in [0.29, 0.717) is 0 Å². The van der Waals surface area contributed by atoms with Crippen LogP contribution in [-0.2, 0) is 16.6 Å². The number of rotatable bonds is 6. The van der Waals surface area contributed by atoms with Crippen LogP contribution in [0.4, 0.5) is 11.5 Å². The second-order valence-corrected chi connectivity index (χ2v) is 8.50. The number of nitrogens with zero attached hydrogens (tertiary/aromatic N) is 5. The van der Waals surface area contributed by atoms with Gasteiger partial charge in [-0.15, -0.1) is 0 Å². The van der Waals surface area contributed by atoms with Crippen molar-refractivity contribution in [2.24, 2.45) is 0 Å². The third kappa shape index (κ3) is 4.87. The number of hydrogen-bond acceptors (Lipinski definition) is 7. The van der Waals surface area contributed by atoms with Gasteiger partial charge in [0, 0.05) is 58.4 Å². The molecule has 1 aliphatic heterocycles. The lowest BCUT2D eigenvalue weighted by Gasteiger charge is -2.36. The van der Waals surface area contributed by atoms with E-state index in [1.807, 2.05) is 36.7 Å². The molecule has 0 spiro atoms. The molecule has 0 saturated carbocycles. The van der Waals surface area contributed by atoms with E-state index in [0.717, 1.165) is 38.4 Å². The predicted molar refractivity (Wildman–Crippen MR) is 113 cm³/mol.